The molecule has 94 valence electrons. The second-order valence-electron chi connectivity index (χ2n) is 5.10. The van der Waals surface area contributed by atoms with Gasteiger partial charge in [0, 0.05) is 44.4 Å². The third-order valence-corrected chi connectivity index (χ3v) is 3.71. The number of likely N-dealkylation sites (tertiary alicyclic amines) is 1. The highest BCUT2D eigenvalue weighted by Gasteiger charge is 2.25. The molecule has 18 heavy (non-hydrogen) atoms. The second kappa shape index (κ2) is 4.94. The van der Waals surface area contributed by atoms with Crippen LogP contribution in [-0.4, -0.2) is 21.0 Å². The lowest BCUT2D eigenvalue weighted by Gasteiger charge is -2.24. The van der Waals surface area contributed by atoms with Gasteiger partial charge >= 0.3 is 0 Å². The molecule has 0 bridgehead atoms. The summed E-state index contributed by atoms with van der Waals surface area (Å²) in [7, 11) is 2.08. The lowest BCUT2D eigenvalue weighted by Crippen LogP contribution is -2.22. The Labute approximate surface area is 108 Å². The molecule has 0 saturated carbocycles. The maximum absolute atomic E-state index is 4.24. The molecule has 3 nitrogen and oxygen atoms in total. The van der Waals surface area contributed by atoms with Crippen LogP contribution in [0.4, 0.5) is 0 Å². The van der Waals surface area contributed by atoms with E-state index in [0.29, 0.717) is 6.04 Å². The van der Waals surface area contributed by atoms with Crippen LogP contribution < -0.4 is 0 Å². The molecule has 3 rings (SSSR count). The molecule has 1 fully saturated rings. The van der Waals surface area contributed by atoms with Gasteiger partial charge in [0.15, 0.2) is 0 Å². The zero-order valence-electron chi connectivity index (χ0n) is 10.8. The number of pyridine rings is 1. The van der Waals surface area contributed by atoms with Crippen molar-refractivity contribution in [3.05, 3.63) is 54.1 Å². The number of aryl methyl sites for hydroxylation is 1. The molecule has 3 heteroatoms. The van der Waals surface area contributed by atoms with Gasteiger partial charge in [0.1, 0.15) is 0 Å². The van der Waals surface area contributed by atoms with Crippen LogP contribution in [0.15, 0.2) is 43.0 Å². The Balaban J connectivity index is 1.75. The van der Waals surface area contributed by atoms with E-state index in [-0.39, 0.29) is 0 Å². The Morgan fingerprint density at radius 1 is 1.39 bits per heavy atom. The first-order valence-corrected chi connectivity index (χ1v) is 6.58. The predicted octanol–water partition coefficient (Wildman–Crippen LogP) is 2.76. The van der Waals surface area contributed by atoms with E-state index in [2.05, 4.69) is 46.0 Å². The maximum atomic E-state index is 4.24. The van der Waals surface area contributed by atoms with Crippen LogP contribution >= 0.6 is 0 Å². The van der Waals surface area contributed by atoms with Crippen LogP contribution in [0.3, 0.4) is 0 Å². The molecule has 0 spiro atoms. The molecule has 0 amide bonds. The van der Waals surface area contributed by atoms with E-state index in [9.17, 15) is 0 Å². The molecule has 2 aromatic rings. The van der Waals surface area contributed by atoms with Gasteiger partial charge in [-0.15, -0.1) is 0 Å². The van der Waals surface area contributed by atoms with E-state index in [1.807, 2.05) is 18.5 Å². The fourth-order valence-electron chi connectivity index (χ4n) is 2.85. The summed E-state index contributed by atoms with van der Waals surface area (Å²) in [6, 6.07) is 6.98. The number of aromatic nitrogens is 2. The molecule has 0 aliphatic carbocycles. The number of rotatable bonds is 3. The quantitative estimate of drug-likeness (QED) is 0.824. The third kappa shape index (κ3) is 2.31. The van der Waals surface area contributed by atoms with Crippen molar-refractivity contribution in [2.75, 3.05) is 6.54 Å². The summed E-state index contributed by atoms with van der Waals surface area (Å²) in [4.78, 5) is 6.81. The zero-order chi connectivity index (χ0) is 12.4. The summed E-state index contributed by atoms with van der Waals surface area (Å²) in [6.07, 6.45) is 10.7. The third-order valence-electron chi connectivity index (χ3n) is 3.71. The van der Waals surface area contributed by atoms with E-state index in [1.165, 1.54) is 30.5 Å². The molecular weight excluding hydrogens is 222 g/mol. The molecule has 1 atom stereocenters. The Morgan fingerprint density at radius 3 is 3.06 bits per heavy atom. The molecule has 3 heterocycles. The summed E-state index contributed by atoms with van der Waals surface area (Å²) in [6.45, 7) is 2.23. The Bertz CT molecular complexity index is 503. The van der Waals surface area contributed by atoms with Crippen molar-refractivity contribution in [2.24, 2.45) is 7.05 Å². The van der Waals surface area contributed by atoms with Crippen LogP contribution in [-0.2, 0) is 13.6 Å². The molecule has 0 radical (unpaired) electrons. The van der Waals surface area contributed by atoms with Gasteiger partial charge in [0.2, 0.25) is 0 Å². The van der Waals surface area contributed by atoms with Gasteiger partial charge < -0.3 is 4.57 Å². The lowest BCUT2D eigenvalue weighted by molar-refractivity contribution is 0.248. The molecule has 1 aliphatic heterocycles. The average Bonchev–Trinajstić information content (AvgIpc) is 3.00. The monoisotopic (exact) mass is 241 g/mol. The topological polar surface area (TPSA) is 21.1 Å². The fraction of sp³-hybridized carbons (Fsp3) is 0.400. The SMILES string of the molecule is Cn1ccc(CN2CCCC2c2cccnc2)c1. The van der Waals surface area contributed by atoms with E-state index >= 15 is 0 Å². The van der Waals surface area contributed by atoms with E-state index in [1.54, 1.807) is 0 Å². The Kier molecular flexibility index (Phi) is 3.15. The first kappa shape index (κ1) is 11.5. The van der Waals surface area contributed by atoms with Crippen molar-refractivity contribution < 1.29 is 0 Å². The van der Waals surface area contributed by atoms with Gasteiger partial charge in [-0.2, -0.15) is 0 Å². The van der Waals surface area contributed by atoms with Crippen molar-refractivity contribution in [1.29, 1.82) is 0 Å². The van der Waals surface area contributed by atoms with E-state index in [4.69, 9.17) is 0 Å². The van der Waals surface area contributed by atoms with Gasteiger partial charge in [-0.25, -0.2) is 0 Å². The fourth-order valence-corrected chi connectivity index (χ4v) is 2.85. The molecule has 0 N–H and O–H groups in total. The number of nitrogens with zero attached hydrogens (tertiary/aromatic N) is 3. The van der Waals surface area contributed by atoms with Gasteiger partial charge in [0.05, 0.1) is 0 Å². The highest BCUT2D eigenvalue weighted by atomic mass is 15.2. The van der Waals surface area contributed by atoms with Gasteiger partial charge in [0.25, 0.3) is 0 Å². The van der Waals surface area contributed by atoms with Gasteiger partial charge in [-0.1, -0.05) is 6.07 Å². The molecule has 2 aromatic heterocycles. The molecule has 1 unspecified atom stereocenters. The molecular formula is C15H19N3. The summed E-state index contributed by atoms with van der Waals surface area (Å²) in [5.74, 6) is 0. The van der Waals surface area contributed by atoms with Crippen molar-refractivity contribution >= 4 is 0 Å². The Morgan fingerprint density at radius 2 is 2.33 bits per heavy atom. The summed E-state index contributed by atoms with van der Waals surface area (Å²) in [5, 5.41) is 0. The number of hydrogen-bond donors (Lipinski definition) is 0. The largest absolute Gasteiger partial charge is 0.357 e. The molecule has 0 aromatic carbocycles. The second-order valence-corrected chi connectivity index (χ2v) is 5.10. The van der Waals surface area contributed by atoms with Crippen LogP contribution in [0, 0.1) is 0 Å². The van der Waals surface area contributed by atoms with Crippen molar-refractivity contribution in [3.63, 3.8) is 0 Å². The van der Waals surface area contributed by atoms with Gasteiger partial charge in [-0.3, -0.25) is 9.88 Å². The summed E-state index contributed by atoms with van der Waals surface area (Å²) in [5.41, 5.74) is 2.75. The number of hydrogen-bond acceptors (Lipinski definition) is 2. The minimum Gasteiger partial charge on any atom is -0.357 e. The van der Waals surface area contributed by atoms with Crippen LogP contribution in [0.2, 0.25) is 0 Å². The summed E-state index contributed by atoms with van der Waals surface area (Å²) >= 11 is 0. The minimum absolute atomic E-state index is 0.541. The van der Waals surface area contributed by atoms with Crippen molar-refractivity contribution in [3.8, 4) is 0 Å². The normalized spacial score (nSPS) is 20.4. The average molecular weight is 241 g/mol. The maximum Gasteiger partial charge on any atom is 0.0367 e. The molecule has 1 aliphatic rings. The predicted molar refractivity (Wildman–Crippen MR) is 72.0 cm³/mol. The molecule has 1 saturated heterocycles. The van der Waals surface area contributed by atoms with Gasteiger partial charge in [-0.05, 0) is 42.6 Å². The first-order valence-electron chi connectivity index (χ1n) is 6.58. The standard InChI is InChI=1S/C15H19N3/c1-17-9-6-13(11-17)12-18-8-3-5-15(18)14-4-2-7-16-10-14/h2,4,6-7,9-11,15H,3,5,8,12H2,1H3. The first-order chi connectivity index (χ1) is 8.83. The van der Waals surface area contributed by atoms with Crippen molar-refractivity contribution in [2.45, 2.75) is 25.4 Å². The van der Waals surface area contributed by atoms with Crippen LogP contribution in [0.5, 0.6) is 0 Å². The van der Waals surface area contributed by atoms with Crippen LogP contribution in [0.25, 0.3) is 0 Å². The van der Waals surface area contributed by atoms with Crippen molar-refractivity contribution in [1.82, 2.24) is 14.5 Å². The summed E-state index contributed by atoms with van der Waals surface area (Å²) < 4.78 is 2.12. The van der Waals surface area contributed by atoms with E-state index in [0.717, 1.165) is 6.54 Å². The highest BCUT2D eigenvalue weighted by Crippen LogP contribution is 2.32. The van der Waals surface area contributed by atoms with E-state index < -0.39 is 0 Å². The smallest absolute Gasteiger partial charge is 0.0367 e. The highest BCUT2D eigenvalue weighted by molar-refractivity contribution is 5.17. The van der Waals surface area contributed by atoms with Crippen LogP contribution in [0.1, 0.15) is 30.0 Å². The minimum atomic E-state index is 0.541. The lowest BCUT2D eigenvalue weighted by atomic mass is 10.1. The Hall–Kier alpha value is -1.61. The zero-order valence-corrected chi connectivity index (χ0v) is 10.8.